The molecule has 0 aliphatic heterocycles. The van der Waals surface area contributed by atoms with E-state index < -0.39 is 11.9 Å². The Morgan fingerprint density at radius 1 is 1.09 bits per heavy atom. The second-order valence-corrected chi connectivity index (χ2v) is 10.4. The van der Waals surface area contributed by atoms with Gasteiger partial charge in [-0.15, -0.1) is 23.5 Å². The molecule has 3 aromatic rings. The molecule has 180 valence electrons. The first-order chi connectivity index (χ1) is 16.2. The average Bonchev–Trinajstić information content (AvgIpc) is 3.29. The van der Waals surface area contributed by atoms with Crippen LogP contribution in [0.4, 0.5) is 0 Å². The molecule has 0 radical (unpaired) electrons. The smallest absolute Gasteiger partial charge is 0.328 e. The van der Waals surface area contributed by atoms with Crippen LogP contribution in [0.5, 0.6) is 0 Å². The van der Waals surface area contributed by atoms with Crippen LogP contribution in [0, 0.1) is 6.92 Å². The van der Waals surface area contributed by atoms with Gasteiger partial charge in [-0.1, -0.05) is 59.1 Å². The number of aliphatic carboxylic acids is 2. The fraction of sp³-hybridized carbons (Fsp3) is 0.208. The number of halogens is 2. The summed E-state index contributed by atoms with van der Waals surface area (Å²) in [5.41, 5.74) is 3.77. The summed E-state index contributed by atoms with van der Waals surface area (Å²) in [5, 5.41) is 18.3. The van der Waals surface area contributed by atoms with Crippen LogP contribution in [0.1, 0.15) is 21.9 Å². The lowest BCUT2D eigenvalue weighted by atomic mass is 10.1. The molecule has 1 heterocycles. The van der Waals surface area contributed by atoms with Gasteiger partial charge in [0.2, 0.25) is 0 Å². The van der Waals surface area contributed by atoms with Crippen molar-refractivity contribution in [2.24, 2.45) is 0 Å². The van der Waals surface area contributed by atoms with Crippen LogP contribution in [0.25, 0.3) is 0 Å². The van der Waals surface area contributed by atoms with E-state index in [0.717, 1.165) is 28.0 Å². The average molecular weight is 540 g/mol. The number of hydrogen-bond donors (Lipinski definition) is 2. The minimum atomic E-state index is -1.26. The number of hydrogen-bond acceptors (Lipinski definition) is 5. The van der Waals surface area contributed by atoms with Crippen LogP contribution in [0.15, 0.2) is 73.3 Å². The Bertz CT molecular complexity index is 1070. The van der Waals surface area contributed by atoms with E-state index in [1.807, 2.05) is 54.2 Å². The molecule has 0 spiro atoms. The Balaban J connectivity index is 0.000000440. The van der Waals surface area contributed by atoms with Gasteiger partial charge in [0.1, 0.15) is 0 Å². The Kier molecular flexibility index (Phi) is 12.1. The van der Waals surface area contributed by atoms with Gasteiger partial charge in [-0.25, -0.2) is 14.6 Å². The number of thioether (sulfide) groups is 2. The number of nitrogens with zero attached hydrogens (tertiary/aromatic N) is 2. The van der Waals surface area contributed by atoms with Crippen molar-refractivity contribution < 1.29 is 19.8 Å². The van der Waals surface area contributed by atoms with Gasteiger partial charge in [0.05, 0.1) is 6.33 Å². The Labute approximate surface area is 217 Å². The molecular weight excluding hydrogens is 515 g/mol. The van der Waals surface area contributed by atoms with Crippen LogP contribution < -0.4 is 0 Å². The molecule has 34 heavy (non-hydrogen) atoms. The highest BCUT2D eigenvalue weighted by Gasteiger charge is 2.16. The van der Waals surface area contributed by atoms with E-state index >= 15 is 0 Å². The highest BCUT2D eigenvalue weighted by molar-refractivity contribution is 8.15. The quantitative estimate of drug-likeness (QED) is 0.171. The molecule has 2 aromatic carbocycles. The Morgan fingerprint density at radius 3 is 2.32 bits per heavy atom. The van der Waals surface area contributed by atoms with Gasteiger partial charge in [0, 0.05) is 57.2 Å². The van der Waals surface area contributed by atoms with Gasteiger partial charge in [0.15, 0.2) is 0 Å². The first-order valence-corrected chi connectivity index (χ1v) is 13.0. The van der Waals surface area contributed by atoms with E-state index in [-0.39, 0.29) is 5.25 Å². The van der Waals surface area contributed by atoms with Crippen LogP contribution in [-0.4, -0.2) is 36.8 Å². The van der Waals surface area contributed by atoms with E-state index in [2.05, 4.69) is 40.7 Å². The highest BCUT2D eigenvalue weighted by Crippen LogP contribution is 2.38. The van der Waals surface area contributed by atoms with Crippen molar-refractivity contribution in [1.82, 2.24) is 9.55 Å². The van der Waals surface area contributed by atoms with Crippen LogP contribution in [-0.2, 0) is 21.9 Å². The number of carboxylic acid groups (broad SMARTS) is 2. The topological polar surface area (TPSA) is 92.4 Å². The van der Waals surface area contributed by atoms with E-state index in [0.29, 0.717) is 17.2 Å². The maximum atomic E-state index is 9.55. The molecule has 0 aliphatic carbocycles. The lowest BCUT2D eigenvalue weighted by molar-refractivity contribution is -0.134. The third-order valence-electron chi connectivity index (χ3n) is 4.36. The number of carbonyl (C=O) groups is 2. The second-order valence-electron chi connectivity index (χ2n) is 7.04. The summed E-state index contributed by atoms with van der Waals surface area (Å²) in [6.45, 7) is 2.94. The third kappa shape index (κ3) is 10.7. The minimum absolute atomic E-state index is 0.250. The second kappa shape index (κ2) is 14.8. The fourth-order valence-electron chi connectivity index (χ4n) is 2.71. The van der Waals surface area contributed by atoms with Crippen molar-refractivity contribution in [2.45, 2.75) is 24.5 Å². The molecule has 0 fully saturated rings. The lowest BCUT2D eigenvalue weighted by Gasteiger charge is -2.19. The van der Waals surface area contributed by atoms with Crippen molar-refractivity contribution in [3.8, 4) is 0 Å². The summed E-state index contributed by atoms with van der Waals surface area (Å²) < 4.78 is 2.09. The molecule has 10 heteroatoms. The minimum Gasteiger partial charge on any atom is -0.478 e. The van der Waals surface area contributed by atoms with E-state index in [1.54, 1.807) is 6.20 Å². The number of imidazole rings is 1. The molecule has 0 saturated carbocycles. The Morgan fingerprint density at radius 2 is 1.76 bits per heavy atom. The summed E-state index contributed by atoms with van der Waals surface area (Å²) in [4.78, 5) is 23.3. The van der Waals surface area contributed by atoms with Gasteiger partial charge in [-0.2, -0.15) is 0 Å². The number of rotatable bonds is 10. The maximum absolute atomic E-state index is 9.55. The number of aromatic nitrogens is 2. The maximum Gasteiger partial charge on any atom is 0.328 e. The molecule has 0 saturated heterocycles. The van der Waals surface area contributed by atoms with Gasteiger partial charge in [0.25, 0.3) is 0 Å². The summed E-state index contributed by atoms with van der Waals surface area (Å²) in [5.74, 6) is -1.50. The predicted octanol–water partition coefficient (Wildman–Crippen LogP) is 6.58. The van der Waals surface area contributed by atoms with Crippen LogP contribution >= 0.6 is 46.7 Å². The lowest BCUT2D eigenvalue weighted by Crippen LogP contribution is -2.06. The van der Waals surface area contributed by atoms with Crippen molar-refractivity contribution in [2.75, 3.05) is 5.08 Å². The van der Waals surface area contributed by atoms with Crippen molar-refractivity contribution in [3.63, 3.8) is 0 Å². The predicted molar refractivity (Wildman–Crippen MR) is 141 cm³/mol. The van der Waals surface area contributed by atoms with Gasteiger partial charge >= 0.3 is 11.9 Å². The molecule has 0 amide bonds. The van der Waals surface area contributed by atoms with Crippen LogP contribution in [0.2, 0.25) is 10.0 Å². The van der Waals surface area contributed by atoms with Crippen molar-refractivity contribution in [1.29, 1.82) is 0 Å². The summed E-state index contributed by atoms with van der Waals surface area (Å²) in [6.07, 6.45) is 6.75. The number of benzene rings is 2. The van der Waals surface area contributed by atoms with E-state index in [4.69, 9.17) is 33.4 Å². The summed E-state index contributed by atoms with van der Waals surface area (Å²) in [7, 11) is 0. The number of carboxylic acids is 2. The largest absolute Gasteiger partial charge is 0.478 e. The van der Waals surface area contributed by atoms with Crippen molar-refractivity contribution >= 4 is 58.7 Å². The zero-order valence-corrected chi connectivity index (χ0v) is 21.4. The van der Waals surface area contributed by atoms with Gasteiger partial charge < -0.3 is 14.8 Å². The molecule has 6 nitrogen and oxygen atoms in total. The number of aryl methyl sites for hydroxylation is 1. The Hall–Kier alpha value is -2.39. The van der Waals surface area contributed by atoms with Gasteiger partial charge in [-0.3, -0.25) is 0 Å². The summed E-state index contributed by atoms with van der Waals surface area (Å²) in [6, 6.07) is 14.5. The normalized spacial score (nSPS) is 11.6. The summed E-state index contributed by atoms with van der Waals surface area (Å²) >= 11 is 16.3. The fourth-order valence-corrected chi connectivity index (χ4v) is 5.78. The standard InChI is InChI=1S/C20H20Cl2N2S2.C4H4O4/c1-15-2-4-16(5-3-15)12-25-14-26-20(11-24-9-8-23-13-24)18-7-6-17(21)10-19(18)22;5-3(6)1-2-4(7)8/h2-10,13,20H,11-12,14H2,1H3;1-2H,(H,5,6)(H,7,8)/b;2-1+. The monoisotopic (exact) mass is 538 g/mol. The van der Waals surface area contributed by atoms with E-state index in [9.17, 15) is 9.59 Å². The zero-order valence-electron chi connectivity index (χ0n) is 18.3. The molecule has 1 unspecified atom stereocenters. The first-order valence-electron chi connectivity index (χ1n) is 10.0. The van der Waals surface area contributed by atoms with Crippen molar-refractivity contribution in [3.05, 3.63) is 100 Å². The van der Waals surface area contributed by atoms with E-state index in [1.165, 1.54) is 11.1 Å². The third-order valence-corrected chi connectivity index (χ3v) is 7.47. The zero-order chi connectivity index (χ0) is 24.9. The molecular formula is C24H24Cl2N2O4S2. The molecule has 0 bridgehead atoms. The molecule has 3 rings (SSSR count). The van der Waals surface area contributed by atoms with Gasteiger partial charge in [-0.05, 0) is 30.2 Å². The molecule has 2 N–H and O–H groups in total. The molecule has 0 aliphatic rings. The SMILES string of the molecule is Cc1ccc(CSCSC(Cn2ccnc2)c2ccc(Cl)cc2Cl)cc1.O=C(O)/C=C/C(=O)O. The first kappa shape index (κ1) is 27.9. The van der Waals surface area contributed by atoms with Crippen LogP contribution in [0.3, 0.4) is 0 Å². The highest BCUT2D eigenvalue weighted by atomic mass is 35.5. The molecule has 1 atom stereocenters. The molecule has 1 aromatic heterocycles.